The van der Waals surface area contributed by atoms with Crippen molar-refractivity contribution in [2.45, 2.75) is 13.5 Å². The van der Waals surface area contributed by atoms with Gasteiger partial charge in [0.25, 0.3) is 5.56 Å². The second-order valence-corrected chi connectivity index (χ2v) is 5.15. The first-order chi connectivity index (χ1) is 10.5. The van der Waals surface area contributed by atoms with Gasteiger partial charge in [-0.25, -0.2) is 10.6 Å². The van der Waals surface area contributed by atoms with E-state index in [4.69, 9.17) is 5.84 Å². The van der Waals surface area contributed by atoms with E-state index < -0.39 is 11.2 Å². The van der Waals surface area contributed by atoms with Crippen LogP contribution in [0.3, 0.4) is 0 Å². The van der Waals surface area contributed by atoms with Crippen molar-refractivity contribution >= 4 is 17.1 Å². The molecule has 0 unspecified atom stereocenters. The third kappa shape index (κ3) is 2.19. The van der Waals surface area contributed by atoms with E-state index in [9.17, 15) is 9.59 Å². The average Bonchev–Trinajstić information content (AvgIpc) is 2.84. The van der Waals surface area contributed by atoms with Gasteiger partial charge in [0.05, 0.1) is 6.54 Å². The molecule has 0 amide bonds. The molecule has 0 saturated carbocycles. The number of nitrogens with two attached hydrogens (primary N) is 1. The second-order valence-electron chi connectivity index (χ2n) is 5.15. The summed E-state index contributed by atoms with van der Waals surface area (Å²) in [6.45, 7) is 2.41. The highest BCUT2D eigenvalue weighted by Gasteiger charge is 2.16. The van der Waals surface area contributed by atoms with E-state index in [1.807, 2.05) is 31.2 Å². The predicted octanol–water partition coefficient (Wildman–Crippen LogP) is 0.0656. The number of fused-ring (bicyclic) bond motifs is 1. The molecular formula is C14H16N6O2. The Morgan fingerprint density at radius 1 is 1.36 bits per heavy atom. The number of H-pyrrole nitrogens is 1. The molecule has 0 saturated heterocycles. The first kappa shape index (κ1) is 14.1. The quantitative estimate of drug-likeness (QED) is 0.468. The van der Waals surface area contributed by atoms with Crippen LogP contribution in [-0.4, -0.2) is 19.1 Å². The van der Waals surface area contributed by atoms with E-state index in [0.717, 1.165) is 11.1 Å². The molecule has 22 heavy (non-hydrogen) atoms. The Labute approximate surface area is 125 Å². The Balaban J connectivity index is 2.26. The number of aryl methyl sites for hydroxylation is 2. The van der Waals surface area contributed by atoms with Gasteiger partial charge in [-0.1, -0.05) is 29.8 Å². The Kier molecular flexibility index (Phi) is 3.30. The van der Waals surface area contributed by atoms with Gasteiger partial charge in [0, 0.05) is 7.05 Å². The van der Waals surface area contributed by atoms with Crippen LogP contribution in [0.15, 0.2) is 33.9 Å². The van der Waals surface area contributed by atoms with Gasteiger partial charge < -0.3 is 0 Å². The highest BCUT2D eigenvalue weighted by atomic mass is 16.2. The first-order valence-corrected chi connectivity index (χ1v) is 6.73. The highest BCUT2D eigenvalue weighted by Crippen LogP contribution is 2.17. The number of imidazole rings is 1. The zero-order chi connectivity index (χ0) is 15.9. The van der Waals surface area contributed by atoms with Crippen LogP contribution in [0.5, 0.6) is 0 Å². The zero-order valence-corrected chi connectivity index (χ0v) is 12.3. The van der Waals surface area contributed by atoms with Gasteiger partial charge in [0.2, 0.25) is 5.95 Å². The molecule has 8 heteroatoms. The lowest BCUT2D eigenvalue weighted by molar-refractivity contribution is 0.807. The first-order valence-electron chi connectivity index (χ1n) is 6.73. The van der Waals surface area contributed by atoms with Crippen molar-refractivity contribution in [3.63, 3.8) is 0 Å². The minimum absolute atomic E-state index is 0.286. The number of hydrazine groups is 1. The molecule has 0 aliphatic rings. The summed E-state index contributed by atoms with van der Waals surface area (Å²) in [6.07, 6.45) is 0. The molecule has 0 spiro atoms. The monoisotopic (exact) mass is 300 g/mol. The number of nitrogens with one attached hydrogen (secondary N) is 2. The molecule has 0 bridgehead atoms. The maximum absolute atomic E-state index is 12.2. The zero-order valence-electron chi connectivity index (χ0n) is 12.3. The lowest BCUT2D eigenvalue weighted by Crippen LogP contribution is -2.29. The second kappa shape index (κ2) is 5.15. The molecular weight excluding hydrogens is 284 g/mol. The van der Waals surface area contributed by atoms with E-state index in [0.29, 0.717) is 18.0 Å². The number of hydrogen-bond donors (Lipinski definition) is 3. The summed E-state index contributed by atoms with van der Waals surface area (Å²) in [5, 5.41) is 0. The molecule has 0 fully saturated rings. The van der Waals surface area contributed by atoms with E-state index >= 15 is 0 Å². The van der Waals surface area contributed by atoms with Crippen LogP contribution in [-0.2, 0) is 13.6 Å². The Morgan fingerprint density at radius 2 is 2.14 bits per heavy atom. The normalized spacial score (nSPS) is 11.0. The molecule has 4 N–H and O–H groups in total. The number of anilines is 1. The van der Waals surface area contributed by atoms with Crippen molar-refractivity contribution in [2.24, 2.45) is 12.9 Å². The number of hydrogen-bond acceptors (Lipinski definition) is 5. The molecule has 0 aliphatic carbocycles. The largest absolute Gasteiger partial charge is 0.329 e. The smallest absolute Gasteiger partial charge is 0.299 e. The van der Waals surface area contributed by atoms with Crippen LogP contribution in [0.25, 0.3) is 11.2 Å². The highest BCUT2D eigenvalue weighted by molar-refractivity contribution is 5.74. The third-order valence-electron chi connectivity index (χ3n) is 3.56. The number of nitrogen functional groups attached to an aromatic ring is 1. The molecule has 2 heterocycles. The van der Waals surface area contributed by atoms with Gasteiger partial charge in [-0.2, -0.15) is 4.98 Å². The van der Waals surface area contributed by atoms with Crippen molar-refractivity contribution in [3.05, 3.63) is 56.2 Å². The van der Waals surface area contributed by atoms with Crippen molar-refractivity contribution in [2.75, 3.05) is 5.43 Å². The molecule has 3 aromatic rings. The minimum atomic E-state index is -0.513. The van der Waals surface area contributed by atoms with Gasteiger partial charge in [-0.3, -0.25) is 24.3 Å². The van der Waals surface area contributed by atoms with Crippen LogP contribution in [0, 0.1) is 6.92 Å². The van der Waals surface area contributed by atoms with E-state index in [2.05, 4.69) is 15.4 Å². The van der Waals surface area contributed by atoms with Gasteiger partial charge in [-0.15, -0.1) is 0 Å². The van der Waals surface area contributed by atoms with Crippen molar-refractivity contribution in [1.82, 2.24) is 19.1 Å². The molecule has 0 radical (unpaired) electrons. The summed E-state index contributed by atoms with van der Waals surface area (Å²) in [4.78, 5) is 30.4. The molecule has 114 valence electrons. The Morgan fingerprint density at radius 3 is 2.82 bits per heavy atom. The number of nitrogens with zero attached hydrogens (tertiary/aromatic N) is 3. The molecule has 0 aliphatic heterocycles. The lowest BCUT2D eigenvalue weighted by Gasteiger charge is -2.08. The van der Waals surface area contributed by atoms with Gasteiger partial charge >= 0.3 is 5.69 Å². The van der Waals surface area contributed by atoms with Gasteiger partial charge in [-0.05, 0) is 12.5 Å². The summed E-state index contributed by atoms with van der Waals surface area (Å²) in [5.74, 6) is 5.83. The fourth-order valence-electron chi connectivity index (χ4n) is 2.49. The van der Waals surface area contributed by atoms with Gasteiger partial charge in [0.1, 0.15) is 0 Å². The van der Waals surface area contributed by atoms with Crippen LogP contribution in [0.1, 0.15) is 11.1 Å². The van der Waals surface area contributed by atoms with E-state index in [1.54, 1.807) is 11.6 Å². The molecule has 3 rings (SSSR count). The topological polar surface area (TPSA) is 111 Å². The number of rotatable bonds is 3. The summed E-state index contributed by atoms with van der Waals surface area (Å²) < 4.78 is 2.94. The van der Waals surface area contributed by atoms with E-state index in [-0.39, 0.29) is 5.65 Å². The number of aromatic amines is 1. The van der Waals surface area contributed by atoms with Crippen LogP contribution < -0.4 is 22.5 Å². The summed E-state index contributed by atoms with van der Waals surface area (Å²) >= 11 is 0. The molecule has 0 atom stereocenters. The number of aromatic nitrogens is 4. The lowest BCUT2D eigenvalue weighted by atomic mass is 10.1. The summed E-state index contributed by atoms with van der Waals surface area (Å²) in [6, 6.07) is 7.91. The molecule has 8 nitrogen and oxygen atoms in total. The maximum atomic E-state index is 12.2. The molecule has 2 aromatic heterocycles. The van der Waals surface area contributed by atoms with Crippen LogP contribution in [0.4, 0.5) is 5.95 Å². The van der Waals surface area contributed by atoms with Crippen molar-refractivity contribution in [3.8, 4) is 0 Å². The maximum Gasteiger partial charge on any atom is 0.329 e. The number of benzene rings is 1. The minimum Gasteiger partial charge on any atom is -0.299 e. The van der Waals surface area contributed by atoms with Crippen molar-refractivity contribution < 1.29 is 0 Å². The fraction of sp³-hybridized carbons (Fsp3) is 0.214. The predicted molar refractivity (Wildman–Crippen MR) is 83.7 cm³/mol. The Bertz CT molecular complexity index is 966. The van der Waals surface area contributed by atoms with Gasteiger partial charge in [0.15, 0.2) is 11.2 Å². The third-order valence-corrected chi connectivity index (χ3v) is 3.56. The van der Waals surface area contributed by atoms with E-state index in [1.165, 1.54) is 4.57 Å². The standard InChI is InChI=1S/C14H16N6O2/c1-8-4-3-5-9(6-8)7-20-10-11(16-13(20)18-15)19(2)14(22)17-12(10)21/h3-6H,7,15H2,1-2H3,(H,16,18)(H,17,21,22). The average molecular weight is 300 g/mol. The van der Waals surface area contributed by atoms with Crippen molar-refractivity contribution in [1.29, 1.82) is 0 Å². The fourth-order valence-corrected chi connectivity index (χ4v) is 2.49. The summed E-state index contributed by atoms with van der Waals surface area (Å²) in [5.41, 5.74) is 4.19. The SMILES string of the molecule is Cc1cccc(Cn2c(NN)nc3c2c(=O)[nH]c(=O)n3C)c1. The van der Waals surface area contributed by atoms with Crippen LogP contribution in [0.2, 0.25) is 0 Å². The molecule has 1 aromatic carbocycles. The Hall–Kier alpha value is -2.87. The summed E-state index contributed by atoms with van der Waals surface area (Å²) in [7, 11) is 1.55. The van der Waals surface area contributed by atoms with Crippen LogP contribution >= 0.6 is 0 Å².